The standard InChI is InChI=1S/C23H30N4O/c1-3-20-8-10-21(11-9-20)16-24-25-23(28)18-27-14-12-26(13-15-27)17-22-6-4-19(2)5-7-22/h4-11,16H,3,12-15,17-18H2,1-2H3,(H,25,28)/b24-16+. The summed E-state index contributed by atoms with van der Waals surface area (Å²) in [5.41, 5.74) is 7.56. The van der Waals surface area contributed by atoms with Gasteiger partial charge in [0.2, 0.25) is 0 Å². The number of carbonyl (C=O) groups is 1. The van der Waals surface area contributed by atoms with Gasteiger partial charge in [-0.1, -0.05) is 61.0 Å². The van der Waals surface area contributed by atoms with Crippen molar-refractivity contribution in [1.82, 2.24) is 15.2 Å². The molecule has 0 aliphatic carbocycles. The van der Waals surface area contributed by atoms with Gasteiger partial charge in [0.15, 0.2) is 0 Å². The minimum Gasteiger partial charge on any atom is -0.297 e. The molecule has 0 atom stereocenters. The van der Waals surface area contributed by atoms with Gasteiger partial charge in [-0.05, 0) is 30.0 Å². The second-order valence-electron chi connectivity index (χ2n) is 7.43. The Morgan fingerprint density at radius 3 is 2.21 bits per heavy atom. The van der Waals surface area contributed by atoms with Crippen molar-refractivity contribution in [2.75, 3.05) is 32.7 Å². The Morgan fingerprint density at radius 1 is 0.964 bits per heavy atom. The monoisotopic (exact) mass is 378 g/mol. The van der Waals surface area contributed by atoms with Gasteiger partial charge in [0, 0.05) is 32.7 Å². The zero-order chi connectivity index (χ0) is 19.8. The Bertz CT molecular complexity index is 775. The normalized spacial score (nSPS) is 15.8. The van der Waals surface area contributed by atoms with E-state index in [1.807, 2.05) is 12.1 Å². The van der Waals surface area contributed by atoms with Crippen LogP contribution >= 0.6 is 0 Å². The van der Waals surface area contributed by atoms with E-state index in [9.17, 15) is 4.79 Å². The van der Waals surface area contributed by atoms with E-state index in [4.69, 9.17) is 0 Å². The van der Waals surface area contributed by atoms with Crippen LogP contribution < -0.4 is 5.43 Å². The molecular weight excluding hydrogens is 348 g/mol. The molecule has 1 amide bonds. The van der Waals surface area contributed by atoms with Crippen molar-refractivity contribution in [2.24, 2.45) is 5.10 Å². The van der Waals surface area contributed by atoms with Gasteiger partial charge >= 0.3 is 0 Å². The van der Waals surface area contributed by atoms with Crippen molar-refractivity contribution >= 4 is 12.1 Å². The molecule has 5 nitrogen and oxygen atoms in total. The highest BCUT2D eigenvalue weighted by Gasteiger charge is 2.18. The third-order valence-corrected chi connectivity index (χ3v) is 5.15. The first-order chi connectivity index (χ1) is 13.6. The Morgan fingerprint density at radius 2 is 1.57 bits per heavy atom. The van der Waals surface area contributed by atoms with E-state index in [2.05, 4.69) is 70.6 Å². The Balaban J connectivity index is 1.37. The minimum absolute atomic E-state index is 0.0617. The van der Waals surface area contributed by atoms with Gasteiger partial charge in [-0.15, -0.1) is 0 Å². The molecule has 2 aromatic rings. The highest BCUT2D eigenvalue weighted by atomic mass is 16.2. The van der Waals surface area contributed by atoms with Gasteiger partial charge in [0.05, 0.1) is 12.8 Å². The maximum absolute atomic E-state index is 12.1. The fourth-order valence-electron chi connectivity index (χ4n) is 3.31. The molecule has 1 saturated heterocycles. The average molecular weight is 379 g/mol. The Labute approximate surface area is 168 Å². The predicted octanol–water partition coefficient (Wildman–Crippen LogP) is 2.83. The molecule has 0 bridgehead atoms. The van der Waals surface area contributed by atoms with Crippen LogP contribution in [0.5, 0.6) is 0 Å². The molecule has 0 unspecified atom stereocenters. The molecule has 28 heavy (non-hydrogen) atoms. The first kappa shape index (κ1) is 20.2. The largest absolute Gasteiger partial charge is 0.297 e. The second kappa shape index (κ2) is 10.2. The summed E-state index contributed by atoms with van der Waals surface area (Å²) in [6, 6.07) is 16.9. The molecule has 2 aromatic carbocycles. The fraction of sp³-hybridized carbons (Fsp3) is 0.391. The molecule has 0 radical (unpaired) electrons. The lowest BCUT2D eigenvalue weighted by Gasteiger charge is -2.34. The number of benzene rings is 2. The number of hydrogen-bond donors (Lipinski definition) is 1. The summed E-state index contributed by atoms with van der Waals surface area (Å²) in [5, 5.41) is 4.08. The van der Waals surface area contributed by atoms with Crippen molar-refractivity contribution in [3.05, 3.63) is 70.8 Å². The van der Waals surface area contributed by atoms with E-state index >= 15 is 0 Å². The Hall–Kier alpha value is -2.50. The molecule has 1 aliphatic rings. The molecule has 1 fully saturated rings. The fourth-order valence-corrected chi connectivity index (χ4v) is 3.31. The number of piperazine rings is 1. The highest BCUT2D eigenvalue weighted by molar-refractivity contribution is 5.83. The predicted molar refractivity (Wildman–Crippen MR) is 114 cm³/mol. The summed E-state index contributed by atoms with van der Waals surface area (Å²) in [5.74, 6) is -0.0617. The summed E-state index contributed by atoms with van der Waals surface area (Å²) in [7, 11) is 0. The number of amides is 1. The summed E-state index contributed by atoms with van der Waals surface area (Å²) in [6.45, 7) is 9.38. The van der Waals surface area contributed by atoms with E-state index in [-0.39, 0.29) is 5.91 Å². The van der Waals surface area contributed by atoms with Crippen LogP contribution in [-0.2, 0) is 17.8 Å². The minimum atomic E-state index is -0.0617. The highest BCUT2D eigenvalue weighted by Crippen LogP contribution is 2.09. The lowest BCUT2D eigenvalue weighted by atomic mass is 10.1. The quantitative estimate of drug-likeness (QED) is 0.595. The topological polar surface area (TPSA) is 47.9 Å². The number of nitrogens with one attached hydrogen (secondary N) is 1. The zero-order valence-corrected chi connectivity index (χ0v) is 16.9. The molecule has 0 aromatic heterocycles. The van der Waals surface area contributed by atoms with E-state index in [1.54, 1.807) is 6.21 Å². The van der Waals surface area contributed by atoms with Crippen LogP contribution in [0.4, 0.5) is 0 Å². The van der Waals surface area contributed by atoms with Crippen molar-refractivity contribution in [3.63, 3.8) is 0 Å². The first-order valence-corrected chi connectivity index (χ1v) is 10.0. The lowest BCUT2D eigenvalue weighted by molar-refractivity contribution is -0.122. The summed E-state index contributed by atoms with van der Waals surface area (Å²) >= 11 is 0. The van der Waals surface area contributed by atoms with Crippen LogP contribution in [0, 0.1) is 6.92 Å². The smallest absolute Gasteiger partial charge is 0.254 e. The first-order valence-electron chi connectivity index (χ1n) is 10.0. The van der Waals surface area contributed by atoms with E-state index < -0.39 is 0 Å². The van der Waals surface area contributed by atoms with Crippen LogP contribution in [0.3, 0.4) is 0 Å². The van der Waals surface area contributed by atoms with Crippen LogP contribution in [0.2, 0.25) is 0 Å². The molecule has 5 heteroatoms. The maximum Gasteiger partial charge on any atom is 0.254 e. The van der Waals surface area contributed by atoms with Crippen molar-refractivity contribution in [2.45, 2.75) is 26.8 Å². The van der Waals surface area contributed by atoms with E-state index in [1.165, 1.54) is 16.7 Å². The maximum atomic E-state index is 12.1. The van der Waals surface area contributed by atoms with E-state index in [0.717, 1.165) is 44.7 Å². The van der Waals surface area contributed by atoms with Crippen LogP contribution in [0.1, 0.15) is 29.2 Å². The van der Waals surface area contributed by atoms with Gasteiger partial charge in [-0.25, -0.2) is 5.43 Å². The molecule has 1 aliphatic heterocycles. The number of hydrazone groups is 1. The van der Waals surface area contributed by atoms with Crippen LogP contribution in [0.25, 0.3) is 0 Å². The van der Waals surface area contributed by atoms with Gasteiger partial charge in [0.25, 0.3) is 5.91 Å². The molecular formula is C23H30N4O. The number of nitrogens with zero attached hydrogens (tertiary/aromatic N) is 3. The molecule has 1 heterocycles. The third-order valence-electron chi connectivity index (χ3n) is 5.15. The Kier molecular flexibility index (Phi) is 7.34. The number of rotatable bonds is 7. The molecule has 3 rings (SSSR count). The SMILES string of the molecule is CCc1ccc(/C=N/NC(=O)CN2CCN(Cc3ccc(C)cc3)CC2)cc1. The van der Waals surface area contributed by atoms with Gasteiger partial charge < -0.3 is 0 Å². The summed E-state index contributed by atoms with van der Waals surface area (Å²) in [4.78, 5) is 16.8. The molecule has 148 valence electrons. The van der Waals surface area contributed by atoms with Crippen molar-refractivity contribution in [1.29, 1.82) is 0 Å². The molecule has 0 saturated carbocycles. The van der Waals surface area contributed by atoms with Crippen LogP contribution in [0.15, 0.2) is 53.6 Å². The van der Waals surface area contributed by atoms with Gasteiger partial charge in [0.1, 0.15) is 0 Å². The third kappa shape index (κ3) is 6.29. The average Bonchev–Trinajstić information content (AvgIpc) is 2.72. The summed E-state index contributed by atoms with van der Waals surface area (Å²) < 4.78 is 0. The second-order valence-corrected chi connectivity index (χ2v) is 7.43. The van der Waals surface area contributed by atoms with E-state index in [0.29, 0.717) is 6.54 Å². The van der Waals surface area contributed by atoms with Crippen LogP contribution in [-0.4, -0.2) is 54.6 Å². The summed E-state index contributed by atoms with van der Waals surface area (Å²) in [6.07, 6.45) is 2.71. The van der Waals surface area contributed by atoms with Gasteiger partial charge in [-0.2, -0.15) is 5.10 Å². The van der Waals surface area contributed by atoms with Crippen molar-refractivity contribution in [3.8, 4) is 0 Å². The zero-order valence-electron chi connectivity index (χ0n) is 16.9. The molecule has 0 spiro atoms. The number of hydrogen-bond acceptors (Lipinski definition) is 4. The number of carbonyl (C=O) groups excluding carboxylic acids is 1. The van der Waals surface area contributed by atoms with Gasteiger partial charge in [-0.3, -0.25) is 14.6 Å². The number of aryl methyl sites for hydroxylation is 2. The lowest BCUT2D eigenvalue weighted by Crippen LogP contribution is -2.48. The van der Waals surface area contributed by atoms with Crippen molar-refractivity contribution < 1.29 is 4.79 Å². The molecule has 1 N–H and O–H groups in total.